The van der Waals surface area contributed by atoms with E-state index in [1.807, 2.05) is 13.8 Å². The summed E-state index contributed by atoms with van der Waals surface area (Å²) >= 11 is 0. The number of nitrogens with zero attached hydrogens (tertiary/aromatic N) is 1. The molecule has 0 aromatic carbocycles. The van der Waals surface area contributed by atoms with E-state index in [2.05, 4.69) is 11.7 Å². The Morgan fingerprint density at radius 1 is 1.85 bits per heavy atom. The summed E-state index contributed by atoms with van der Waals surface area (Å²) in [6, 6.07) is 0. The maximum atomic E-state index is 10.7. The van der Waals surface area contributed by atoms with Gasteiger partial charge in [-0.3, -0.25) is 4.79 Å². The molecule has 1 rings (SSSR count). The normalized spacial score (nSPS) is 26.9. The molecule has 4 heteroatoms. The highest BCUT2D eigenvalue weighted by molar-refractivity contribution is 6.19. The molecule has 0 spiro atoms. The van der Waals surface area contributed by atoms with Gasteiger partial charge in [0.25, 0.3) is 0 Å². The number of aliphatic carboxylic acids is 1. The molecule has 1 aliphatic rings. The Balaban J connectivity index is 2.59. The minimum absolute atomic E-state index is 0.311. The van der Waals surface area contributed by atoms with Crippen LogP contribution in [0.2, 0.25) is 0 Å². The summed E-state index contributed by atoms with van der Waals surface area (Å²) in [5, 5.41) is 12.5. The van der Waals surface area contributed by atoms with Crippen LogP contribution in [0.4, 0.5) is 0 Å². The molecule has 0 saturated heterocycles. The zero-order valence-corrected chi connectivity index (χ0v) is 7.78. The number of hydrogen-bond acceptors (Lipinski definition) is 3. The number of oxime groups is 1. The summed E-state index contributed by atoms with van der Waals surface area (Å²) in [7, 11) is 0. The van der Waals surface area contributed by atoms with Gasteiger partial charge in [0, 0.05) is 5.41 Å². The lowest BCUT2D eigenvalue weighted by Gasteiger charge is -1.93. The molecule has 0 radical (unpaired) electrons. The lowest BCUT2D eigenvalue weighted by atomic mass is 10.1. The van der Waals surface area contributed by atoms with Crippen LogP contribution in [0.5, 0.6) is 0 Å². The molecular weight excluding hydrogens is 170 g/mol. The van der Waals surface area contributed by atoms with E-state index in [0.717, 1.165) is 0 Å². The zero-order valence-electron chi connectivity index (χ0n) is 7.78. The van der Waals surface area contributed by atoms with Crippen molar-refractivity contribution in [3.8, 4) is 0 Å². The molecule has 1 saturated carbocycles. The molecule has 4 nitrogen and oxygen atoms in total. The molecule has 0 aliphatic heterocycles. The predicted octanol–water partition coefficient (Wildman–Crippen LogP) is 1.29. The highest BCUT2D eigenvalue weighted by Gasteiger charge is 2.60. The van der Waals surface area contributed by atoms with Crippen molar-refractivity contribution in [2.75, 3.05) is 6.61 Å². The highest BCUT2D eigenvalue weighted by Crippen LogP contribution is 2.48. The van der Waals surface area contributed by atoms with E-state index in [0.29, 0.717) is 12.3 Å². The van der Waals surface area contributed by atoms with Gasteiger partial charge in [0.1, 0.15) is 12.5 Å². The molecule has 0 amide bonds. The van der Waals surface area contributed by atoms with Crippen molar-refractivity contribution in [3.05, 3.63) is 12.7 Å². The molecule has 0 bridgehead atoms. The molecule has 1 fully saturated rings. The predicted molar refractivity (Wildman–Crippen MR) is 48.5 cm³/mol. The number of carbonyl (C=O) groups is 1. The Kier molecular flexibility index (Phi) is 2.40. The Bertz CT molecular complexity index is 268. The van der Waals surface area contributed by atoms with Crippen molar-refractivity contribution in [1.82, 2.24) is 0 Å². The number of hydrogen-bond donors (Lipinski definition) is 1. The summed E-state index contributed by atoms with van der Waals surface area (Å²) in [6.07, 6.45) is 1.56. The monoisotopic (exact) mass is 183 g/mol. The first-order valence-corrected chi connectivity index (χ1v) is 4.06. The Morgan fingerprint density at radius 2 is 2.46 bits per heavy atom. The van der Waals surface area contributed by atoms with Gasteiger partial charge in [-0.25, -0.2) is 0 Å². The molecule has 0 heterocycles. The lowest BCUT2D eigenvalue weighted by Crippen LogP contribution is -2.03. The van der Waals surface area contributed by atoms with E-state index in [4.69, 9.17) is 9.94 Å². The van der Waals surface area contributed by atoms with Gasteiger partial charge in [-0.15, -0.1) is 0 Å². The Hall–Kier alpha value is -1.32. The summed E-state index contributed by atoms with van der Waals surface area (Å²) in [4.78, 5) is 15.5. The van der Waals surface area contributed by atoms with Crippen molar-refractivity contribution in [3.63, 3.8) is 0 Å². The van der Waals surface area contributed by atoms with E-state index in [9.17, 15) is 4.79 Å². The first kappa shape index (κ1) is 9.77. The molecule has 13 heavy (non-hydrogen) atoms. The first-order valence-electron chi connectivity index (χ1n) is 4.06. The third-order valence-corrected chi connectivity index (χ3v) is 2.17. The molecule has 72 valence electrons. The van der Waals surface area contributed by atoms with E-state index in [-0.39, 0.29) is 5.41 Å². The van der Waals surface area contributed by atoms with E-state index in [1.165, 1.54) is 0 Å². The summed E-state index contributed by atoms with van der Waals surface area (Å²) in [5.41, 5.74) is 0.245. The van der Waals surface area contributed by atoms with Gasteiger partial charge in [0.2, 0.25) is 0 Å². The van der Waals surface area contributed by atoms with Crippen molar-refractivity contribution < 1.29 is 14.7 Å². The van der Waals surface area contributed by atoms with Crippen LogP contribution in [0, 0.1) is 11.3 Å². The summed E-state index contributed by atoms with van der Waals surface area (Å²) in [6.45, 7) is 7.44. The second-order valence-electron chi connectivity index (χ2n) is 3.55. The van der Waals surface area contributed by atoms with Crippen LogP contribution in [0.25, 0.3) is 0 Å². The molecule has 0 unspecified atom stereocenters. The topological polar surface area (TPSA) is 58.9 Å². The summed E-state index contributed by atoms with van der Waals surface area (Å²) < 4.78 is 0. The number of carboxylic acid groups (broad SMARTS) is 1. The van der Waals surface area contributed by atoms with Crippen LogP contribution < -0.4 is 0 Å². The van der Waals surface area contributed by atoms with Crippen molar-refractivity contribution >= 4 is 11.7 Å². The first-order chi connectivity index (χ1) is 6.01. The second-order valence-corrected chi connectivity index (χ2v) is 3.55. The van der Waals surface area contributed by atoms with Crippen molar-refractivity contribution in [2.24, 2.45) is 16.5 Å². The fourth-order valence-corrected chi connectivity index (χ4v) is 1.28. The number of rotatable bonds is 4. The van der Waals surface area contributed by atoms with Gasteiger partial charge in [0.05, 0.1) is 5.71 Å². The summed E-state index contributed by atoms with van der Waals surface area (Å²) in [5.74, 6) is -1.33. The molecule has 1 N–H and O–H groups in total. The zero-order chi connectivity index (χ0) is 10.1. The van der Waals surface area contributed by atoms with Crippen LogP contribution in [0.3, 0.4) is 0 Å². The van der Waals surface area contributed by atoms with Gasteiger partial charge in [-0.05, 0) is 0 Å². The third kappa shape index (κ3) is 1.71. The minimum atomic E-state index is -0.842. The van der Waals surface area contributed by atoms with Crippen molar-refractivity contribution in [2.45, 2.75) is 13.8 Å². The van der Waals surface area contributed by atoms with E-state index in [1.54, 1.807) is 6.08 Å². The fourth-order valence-electron chi connectivity index (χ4n) is 1.28. The number of carboxylic acids is 1. The van der Waals surface area contributed by atoms with Gasteiger partial charge >= 0.3 is 5.97 Å². The average Bonchev–Trinajstić information content (AvgIpc) is 2.54. The SMILES string of the molecule is C=CCO/N=C1\[C@H](C(=O)O)C1(C)C. The van der Waals surface area contributed by atoms with E-state index < -0.39 is 11.9 Å². The van der Waals surface area contributed by atoms with Gasteiger partial charge in [-0.1, -0.05) is 31.7 Å². The maximum absolute atomic E-state index is 10.7. The van der Waals surface area contributed by atoms with Crippen LogP contribution in [-0.2, 0) is 9.63 Å². The maximum Gasteiger partial charge on any atom is 0.313 e. The van der Waals surface area contributed by atoms with Crippen LogP contribution in [0.15, 0.2) is 17.8 Å². The van der Waals surface area contributed by atoms with Gasteiger partial charge in [-0.2, -0.15) is 0 Å². The molecule has 1 aliphatic carbocycles. The van der Waals surface area contributed by atoms with Gasteiger partial charge in [0.15, 0.2) is 0 Å². The average molecular weight is 183 g/mol. The Labute approximate surface area is 76.9 Å². The minimum Gasteiger partial charge on any atom is -0.481 e. The van der Waals surface area contributed by atoms with Crippen LogP contribution in [0.1, 0.15) is 13.8 Å². The highest BCUT2D eigenvalue weighted by atomic mass is 16.6. The van der Waals surface area contributed by atoms with Crippen LogP contribution in [-0.4, -0.2) is 23.4 Å². The second kappa shape index (κ2) is 3.20. The Morgan fingerprint density at radius 3 is 2.85 bits per heavy atom. The lowest BCUT2D eigenvalue weighted by molar-refractivity contribution is -0.138. The van der Waals surface area contributed by atoms with Crippen LogP contribution >= 0.6 is 0 Å². The molecule has 1 atom stereocenters. The standard InChI is InChI=1S/C9H13NO3/c1-4-5-13-10-7-6(8(11)12)9(7,2)3/h4,6H,1,5H2,2-3H3,(H,11,12)/b10-7+/t6-/m1/s1. The van der Waals surface area contributed by atoms with Gasteiger partial charge < -0.3 is 9.94 Å². The molecule has 0 aromatic rings. The fraction of sp³-hybridized carbons (Fsp3) is 0.556. The largest absolute Gasteiger partial charge is 0.481 e. The molecule has 0 aromatic heterocycles. The quantitative estimate of drug-likeness (QED) is 0.406. The van der Waals surface area contributed by atoms with E-state index >= 15 is 0 Å². The van der Waals surface area contributed by atoms with Crippen molar-refractivity contribution in [1.29, 1.82) is 0 Å². The smallest absolute Gasteiger partial charge is 0.313 e. The molecular formula is C9H13NO3. The third-order valence-electron chi connectivity index (χ3n) is 2.17.